The van der Waals surface area contributed by atoms with Crippen LogP contribution in [0.1, 0.15) is 62.6 Å². The molecule has 2 saturated heterocycles. The number of phenolic OH excluding ortho intramolecular Hbond substituents is 1. The number of aromatic hydroxyl groups is 1. The SMILES string of the molecule is Cc1cnn(CCN2CC[C@]34CCN(CC5CC5)[C@H](Cc5ccc(O)cc53)[C@]4(O)CC2(C)C)c1. The van der Waals surface area contributed by atoms with Gasteiger partial charge in [-0.05, 0) is 107 Å². The van der Waals surface area contributed by atoms with Crippen molar-refractivity contribution in [3.63, 3.8) is 0 Å². The van der Waals surface area contributed by atoms with Crippen molar-refractivity contribution in [1.29, 1.82) is 0 Å². The van der Waals surface area contributed by atoms with Gasteiger partial charge in [0.1, 0.15) is 5.75 Å². The molecule has 2 N–H and O–H groups in total. The van der Waals surface area contributed by atoms with E-state index in [0.29, 0.717) is 5.75 Å². The number of nitrogens with zero attached hydrogens (tertiary/aromatic N) is 4. The van der Waals surface area contributed by atoms with Crippen LogP contribution in [0.25, 0.3) is 0 Å². The van der Waals surface area contributed by atoms with E-state index in [1.807, 2.05) is 23.0 Å². The minimum absolute atomic E-state index is 0.131. The van der Waals surface area contributed by atoms with Crippen molar-refractivity contribution in [3.8, 4) is 5.75 Å². The predicted octanol–water partition coefficient (Wildman–Crippen LogP) is 3.48. The lowest BCUT2D eigenvalue weighted by atomic mass is 9.51. The maximum absolute atomic E-state index is 12.9. The molecular weight excluding hydrogens is 424 g/mol. The predicted molar refractivity (Wildman–Crippen MR) is 133 cm³/mol. The van der Waals surface area contributed by atoms with Crippen molar-refractivity contribution in [1.82, 2.24) is 19.6 Å². The Labute approximate surface area is 203 Å². The molecule has 0 radical (unpaired) electrons. The monoisotopic (exact) mass is 464 g/mol. The molecule has 1 saturated carbocycles. The van der Waals surface area contributed by atoms with Gasteiger partial charge in [-0.3, -0.25) is 14.5 Å². The molecule has 0 amide bonds. The Kier molecular flexibility index (Phi) is 5.18. The van der Waals surface area contributed by atoms with Crippen LogP contribution in [0, 0.1) is 12.8 Å². The average Bonchev–Trinajstić information content (AvgIpc) is 3.51. The first-order valence-electron chi connectivity index (χ1n) is 13.2. The van der Waals surface area contributed by atoms with Gasteiger partial charge in [0.25, 0.3) is 0 Å². The number of hydrogen-bond donors (Lipinski definition) is 2. The first kappa shape index (κ1) is 22.6. The van der Waals surface area contributed by atoms with E-state index in [2.05, 4.69) is 47.9 Å². The first-order valence-corrected chi connectivity index (χ1v) is 13.2. The number of benzene rings is 1. The number of aryl methyl sites for hydroxylation is 1. The zero-order chi connectivity index (χ0) is 23.7. The third kappa shape index (κ3) is 3.52. The fourth-order valence-corrected chi connectivity index (χ4v) is 7.63. The number of aliphatic hydroxyl groups is 1. The second kappa shape index (κ2) is 7.81. The molecule has 184 valence electrons. The Morgan fingerprint density at radius 2 is 1.91 bits per heavy atom. The summed E-state index contributed by atoms with van der Waals surface area (Å²) < 4.78 is 2.04. The lowest BCUT2D eigenvalue weighted by Crippen LogP contribution is -2.72. The second-order valence-electron chi connectivity index (χ2n) is 12.3. The van der Waals surface area contributed by atoms with Crippen LogP contribution in [0.2, 0.25) is 0 Å². The average molecular weight is 465 g/mol. The molecular formula is C28H40N4O2. The van der Waals surface area contributed by atoms with E-state index in [1.54, 1.807) is 0 Å². The zero-order valence-corrected chi connectivity index (χ0v) is 21.0. The Morgan fingerprint density at radius 3 is 2.65 bits per heavy atom. The van der Waals surface area contributed by atoms with Crippen LogP contribution in [0.4, 0.5) is 0 Å². The molecule has 3 atom stereocenters. The largest absolute Gasteiger partial charge is 0.508 e. The number of aromatic nitrogens is 2. The van der Waals surface area contributed by atoms with E-state index in [-0.39, 0.29) is 17.0 Å². The molecule has 1 aromatic carbocycles. The van der Waals surface area contributed by atoms with Crippen molar-refractivity contribution in [2.24, 2.45) is 5.92 Å². The summed E-state index contributed by atoms with van der Waals surface area (Å²) in [6.45, 7) is 11.6. The van der Waals surface area contributed by atoms with E-state index < -0.39 is 5.60 Å². The summed E-state index contributed by atoms with van der Waals surface area (Å²) in [4.78, 5) is 5.21. The summed E-state index contributed by atoms with van der Waals surface area (Å²) in [6, 6.07) is 6.07. The quantitative estimate of drug-likeness (QED) is 0.709. The maximum Gasteiger partial charge on any atom is 0.115 e. The summed E-state index contributed by atoms with van der Waals surface area (Å²) in [5.74, 6) is 1.13. The minimum Gasteiger partial charge on any atom is -0.508 e. The van der Waals surface area contributed by atoms with Crippen LogP contribution >= 0.6 is 0 Å². The Bertz CT molecular complexity index is 1080. The minimum atomic E-state index is -0.804. The van der Waals surface area contributed by atoms with E-state index >= 15 is 0 Å². The molecule has 6 nitrogen and oxygen atoms in total. The standard InChI is InChI=1S/C28H40N4O2/c1-20-16-29-32(17-20)13-12-31-11-9-27-8-10-30(18-21-4-5-21)25(28(27,34)19-26(31,2)3)14-22-6-7-23(33)15-24(22)27/h6-7,15-17,21,25,33-34H,4-5,8-14,18-19H2,1-3H3/t25-,27-,28-/m1/s1. The van der Waals surface area contributed by atoms with Gasteiger partial charge in [0, 0.05) is 36.3 Å². The molecule has 2 aliphatic heterocycles. The van der Waals surface area contributed by atoms with Crippen molar-refractivity contribution in [3.05, 3.63) is 47.3 Å². The first-order chi connectivity index (χ1) is 16.2. The molecule has 1 aromatic heterocycles. The van der Waals surface area contributed by atoms with Gasteiger partial charge >= 0.3 is 0 Å². The van der Waals surface area contributed by atoms with Gasteiger partial charge in [-0.1, -0.05) is 6.07 Å². The molecule has 0 unspecified atom stereocenters. The Hall–Kier alpha value is -1.89. The lowest BCUT2D eigenvalue weighted by molar-refractivity contribution is -0.158. The van der Waals surface area contributed by atoms with Crippen LogP contribution in [-0.2, 0) is 18.4 Å². The van der Waals surface area contributed by atoms with E-state index in [4.69, 9.17) is 0 Å². The van der Waals surface area contributed by atoms with Gasteiger partial charge in [-0.15, -0.1) is 0 Å². The summed E-state index contributed by atoms with van der Waals surface area (Å²) in [7, 11) is 0. The van der Waals surface area contributed by atoms with Crippen LogP contribution < -0.4 is 0 Å². The van der Waals surface area contributed by atoms with Gasteiger partial charge in [-0.25, -0.2) is 0 Å². The van der Waals surface area contributed by atoms with Crippen molar-refractivity contribution in [2.45, 2.75) is 88.4 Å². The maximum atomic E-state index is 12.9. The van der Waals surface area contributed by atoms with E-state index in [1.165, 1.54) is 29.5 Å². The molecule has 3 heterocycles. The van der Waals surface area contributed by atoms with Crippen LogP contribution in [-0.4, -0.2) is 73.2 Å². The summed E-state index contributed by atoms with van der Waals surface area (Å²) in [5.41, 5.74) is 2.48. The fraction of sp³-hybridized carbons (Fsp3) is 0.679. The smallest absolute Gasteiger partial charge is 0.115 e. The Balaban J connectivity index is 1.38. The van der Waals surface area contributed by atoms with Gasteiger partial charge in [0.2, 0.25) is 0 Å². The number of rotatable bonds is 5. The van der Waals surface area contributed by atoms with Crippen LogP contribution in [0.3, 0.4) is 0 Å². The van der Waals surface area contributed by atoms with Crippen molar-refractivity contribution in [2.75, 3.05) is 26.2 Å². The van der Waals surface area contributed by atoms with Gasteiger partial charge in [0.05, 0.1) is 18.3 Å². The fourth-order valence-electron chi connectivity index (χ4n) is 7.63. The van der Waals surface area contributed by atoms with Gasteiger partial charge in [-0.2, -0.15) is 5.10 Å². The number of piperidine rings is 1. The highest BCUT2D eigenvalue weighted by Crippen LogP contribution is 2.58. The Morgan fingerprint density at radius 1 is 1.12 bits per heavy atom. The molecule has 4 aliphatic rings. The zero-order valence-electron chi connectivity index (χ0n) is 21.0. The third-order valence-electron chi connectivity index (χ3n) is 9.59. The molecule has 3 fully saturated rings. The van der Waals surface area contributed by atoms with Crippen molar-refractivity contribution < 1.29 is 10.2 Å². The molecule has 34 heavy (non-hydrogen) atoms. The summed E-state index contributed by atoms with van der Waals surface area (Å²) in [6.07, 6.45) is 10.2. The van der Waals surface area contributed by atoms with Gasteiger partial charge in [0.15, 0.2) is 0 Å². The second-order valence-corrected chi connectivity index (χ2v) is 12.3. The van der Waals surface area contributed by atoms with E-state index in [0.717, 1.165) is 64.3 Å². The van der Waals surface area contributed by atoms with Crippen LogP contribution in [0.5, 0.6) is 5.75 Å². The van der Waals surface area contributed by atoms with E-state index in [9.17, 15) is 10.2 Å². The number of hydrogen-bond acceptors (Lipinski definition) is 5. The summed E-state index contributed by atoms with van der Waals surface area (Å²) in [5, 5.41) is 27.8. The molecule has 2 aliphatic carbocycles. The van der Waals surface area contributed by atoms with Gasteiger partial charge < -0.3 is 10.2 Å². The normalized spacial score (nSPS) is 33.2. The highest BCUT2D eigenvalue weighted by molar-refractivity contribution is 5.48. The topological polar surface area (TPSA) is 64.8 Å². The highest BCUT2D eigenvalue weighted by Gasteiger charge is 2.65. The number of phenols is 1. The number of fused-ring (bicyclic) bond motifs is 1. The van der Waals surface area contributed by atoms with Crippen LogP contribution in [0.15, 0.2) is 30.6 Å². The molecule has 2 bridgehead atoms. The molecule has 0 spiro atoms. The third-order valence-corrected chi connectivity index (χ3v) is 9.59. The molecule has 6 rings (SSSR count). The molecule has 6 heteroatoms. The summed E-state index contributed by atoms with van der Waals surface area (Å²) >= 11 is 0. The van der Waals surface area contributed by atoms with Crippen molar-refractivity contribution >= 4 is 0 Å². The highest BCUT2D eigenvalue weighted by atomic mass is 16.3. The lowest BCUT2D eigenvalue weighted by Gasteiger charge is -2.62. The molecule has 2 aromatic rings. The number of likely N-dealkylation sites (tertiary alicyclic amines) is 2.